The maximum Gasteiger partial charge on any atom is 0.194 e. The molecule has 1 aliphatic rings. The number of nitrogens with zero attached hydrogens (tertiary/aromatic N) is 5. The zero-order valence-electron chi connectivity index (χ0n) is 18.5. The van der Waals surface area contributed by atoms with Crippen molar-refractivity contribution in [3.8, 4) is 5.75 Å². The number of hydrogen-bond acceptors (Lipinski definition) is 5. The number of guanidine groups is 1. The summed E-state index contributed by atoms with van der Waals surface area (Å²) in [4.78, 5) is 18.3. The van der Waals surface area contributed by atoms with E-state index in [0.29, 0.717) is 13.2 Å². The molecule has 0 atom stereocenters. The third-order valence-corrected chi connectivity index (χ3v) is 5.33. The number of aliphatic imine (C=N–C) groups is 1. The summed E-state index contributed by atoms with van der Waals surface area (Å²) < 4.78 is 5.82. The Balaban J connectivity index is 1.31. The van der Waals surface area contributed by atoms with Gasteiger partial charge >= 0.3 is 0 Å². The van der Waals surface area contributed by atoms with Crippen LogP contribution in [0.25, 0.3) is 0 Å². The van der Waals surface area contributed by atoms with Gasteiger partial charge in [-0.05, 0) is 48.9 Å². The number of anilines is 1. The molecule has 0 bridgehead atoms. The second kappa shape index (κ2) is 11.1. The van der Waals surface area contributed by atoms with Crippen molar-refractivity contribution in [2.45, 2.75) is 20.1 Å². The van der Waals surface area contributed by atoms with Crippen LogP contribution in [0.15, 0.2) is 78.0 Å². The second-order valence-electron chi connectivity index (χ2n) is 7.59. The van der Waals surface area contributed by atoms with E-state index in [2.05, 4.69) is 50.2 Å². The van der Waals surface area contributed by atoms with Crippen molar-refractivity contribution in [1.82, 2.24) is 20.2 Å². The van der Waals surface area contributed by atoms with Gasteiger partial charge in [-0.3, -0.25) is 4.98 Å². The summed E-state index contributed by atoms with van der Waals surface area (Å²) in [6.45, 7) is 7.75. The third kappa shape index (κ3) is 5.97. The summed E-state index contributed by atoms with van der Waals surface area (Å²) in [5.74, 6) is 2.84. The zero-order chi connectivity index (χ0) is 22.0. The van der Waals surface area contributed by atoms with Crippen LogP contribution in [0.4, 0.5) is 5.82 Å². The molecule has 1 aromatic carbocycles. The monoisotopic (exact) mass is 430 g/mol. The predicted molar refractivity (Wildman–Crippen MR) is 128 cm³/mol. The van der Waals surface area contributed by atoms with Gasteiger partial charge in [-0.25, -0.2) is 9.98 Å². The average molecular weight is 431 g/mol. The van der Waals surface area contributed by atoms with Crippen LogP contribution in [0, 0.1) is 0 Å². The van der Waals surface area contributed by atoms with Crippen LogP contribution in [-0.4, -0.2) is 53.6 Å². The van der Waals surface area contributed by atoms with Crippen molar-refractivity contribution in [3.63, 3.8) is 0 Å². The zero-order valence-corrected chi connectivity index (χ0v) is 18.5. The van der Waals surface area contributed by atoms with Crippen LogP contribution in [0.5, 0.6) is 5.75 Å². The summed E-state index contributed by atoms with van der Waals surface area (Å²) in [6, 6.07) is 20.0. The van der Waals surface area contributed by atoms with E-state index in [1.54, 1.807) is 6.20 Å². The highest BCUT2D eigenvalue weighted by Gasteiger charge is 2.20. The van der Waals surface area contributed by atoms with Crippen LogP contribution in [-0.2, 0) is 13.2 Å². The first-order chi connectivity index (χ1) is 15.8. The normalized spacial score (nSPS) is 14.3. The number of nitrogens with one attached hydrogen (secondary N) is 1. The Labute approximate surface area is 189 Å². The van der Waals surface area contributed by atoms with Gasteiger partial charge in [0.2, 0.25) is 0 Å². The van der Waals surface area contributed by atoms with Crippen LogP contribution in [0.1, 0.15) is 18.2 Å². The Morgan fingerprint density at radius 1 is 0.938 bits per heavy atom. The minimum absolute atomic E-state index is 0.466. The minimum atomic E-state index is 0.466. The highest BCUT2D eigenvalue weighted by atomic mass is 16.5. The Morgan fingerprint density at radius 2 is 1.69 bits per heavy atom. The van der Waals surface area contributed by atoms with Crippen LogP contribution in [0.2, 0.25) is 0 Å². The first-order valence-electron chi connectivity index (χ1n) is 11.1. The number of hydrogen-bond donors (Lipinski definition) is 1. The van der Waals surface area contributed by atoms with Gasteiger partial charge < -0.3 is 19.9 Å². The van der Waals surface area contributed by atoms with Crippen molar-refractivity contribution >= 4 is 11.8 Å². The lowest BCUT2D eigenvalue weighted by Gasteiger charge is -2.37. The smallest absolute Gasteiger partial charge is 0.194 e. The molecule has 0 radical (unpaired) electrons. The van der Waals surface area contributed by atoms with Crippen molar-refractivity contribution in [1.29, 1.82) is 0 Å². The van der Waals surface area contributed by atoms with Crippen molar-refractivity contribution < 1.29 is 4.74 Å². The van der Waals surface area contributed by atoms with Gasteiger partial charge in [0.25, 0.3) is 0 Å². The molecular formula is C25H30N6O. The molecule has 3 heterocycles. The van der Waals surface area contributed by atoms with Crippen LogP contribution >= 0.6 is 0 Å². The van der Waals surface area contributed by atoms with Crippen molar-refractivity contribution in [2.24, 2.45) is 4.99 Å². The first kappa shape index (κ1) is 21.6. The van der Waals surface area contributed by atoms with E-state index in [1.165, 1.54) is 0 Å². The Morgan fingerprint density at radius 3 is 2.34 bits per heavy atom. The number of rotatable bonds is 7. The molecule has 0 saturated carbocycles. The fourth-order valence-electron chi connectivity index (χ4n) is 3.61. The predicted octanol–water partition coefficient (Wildman–Crippen LogP) is 3.34. The molecule has 166 valence electrons. The molecule has 0 spiro atoms. The highest BCUT2D eigenvalue weighted by molar-refractivity contribution is 5.80. The maximum absolute atomic E-state index is 5.82. The topological polar surface area (TPSA) is 65.9 Å². The number of pyridine rings is 2. The van der Waals surface area contributed by atoms with E-state index in [-0.39, 0.29) is 0 Å². The SMILES string of the molecule is CCNC(=NCc1ccc(OCc2ccccn2)cc1)N1CCN(c2ccccn2)CC1. The standard InChI is InChI=1S/C25H30N6O/c1-2-26-25(31-17-15-30(16-18-31)24-8-4-6-14-28-24)29-19-21-9-11-23(12-10-21)32-20-22-7-3-5-13-27-22/h3-14H,2,15-20H2,1H3,(H,26,29). The molecule has 3 aromatic rings. The largest absolute Gasteiger partial charge is 0.487 e. The van der Waals surface area contributed by atoms with Gasteiger partial charge in [-0.15, -0.1) is 0 Å². The van der Waals surface area contributed by atoms with E-state index in [4.69, 9.17) is 9.73 Å². The number of ether oxygens (including phenoxy) is 1. The molecule has 2 aromatic heterocycles. The van der Waals surface area contributed by atoms with Gasteiger partial charge in [-0.2, -0.15) is 0 Å². The molecule has 32 heavy (non-hydrogen) atoms. The molecule has 1 N–H and O–H groups in total. The van der Waals surface area contributed by atoms with E-state index in [1.807, 2.05) is 48.7 Å². The van der Waals surface area contributed by atoms with E-state index in [9.17, 15) is 0 Å². The van der Waals surface area contributed by atoms with Gasteiger partial charge in [0, 0.05) is 45.1 Å². The summed E-state index contributed by atoms with van der Waals surface area (Å²) >= 11 is 0. The summed E-state index contributed by atoms with van der Waals surface area (Å²) in [5.41, 5.74) is 2.07. The summed E-state index contributed by atoms with van der Waals surface area (Å²) in [5, 5.41) is 3.44. The second-order valence-corrected chi connectivity index (χ2v) is 7.59. The van der Waals surface area contributed by atoms with Gasteiger partial charge in [0.15, 0.2) is 5.96 Å². The molecule has 7 heteroatoms. The number of piperazine rings is 1. The average Bonchev–Trinajstić information content (AvgIpc) is 2.87. The van der Waals surface area contributed by atoms with E-state index >= 15 is 0 Å². The Bertz CT molecular complexity index is 970. The quantitative estimate of drug-likeness (QED) is 0.458. The fraction of sp³-hybridized carbons (Fsp3) is 0.320. The summed E-state index contributed by atoms with van der Waals surface area (Å²) in [7, 11) is 0. The van der Waals surface area contributed by atoms with Gasteiger partial charge in [0.1, 0.15) is 18.2 Å². The van der Waals surface area contributed by atoms with Gasteiger partial charge in [0.05, 0.1) is 12.2 Å². The Hall–Kier alpha value is -3.61. The maximum atomic E-state index is 5.82. The third-order valence-electron chi connectivity index (χ3n) is 5.33. The highest BCUT2D eigenvalue weighted by Crippen LogP contribution is 2.15. The van der Waals surface area contributed by atoms with Crippen molar-refractivity contribution in [3.05, 3.63) is 84.3 Å². The van der Waals surface area contributed by atoms with Gasteiger partial charge in [-0.1, -0.05) is 24.3 Å². The molecule has 0 unspecified atom stereocenters. The van der Waals surface area contributed by atoms with Crippen LogP contribution < -0.4 is 15.0 Å². The lowest BCUT2D eigenvalue weighted by molar-refractivity contribution is 0.301. The lowest BCUT2D eigenvalue weighted by Crippen LogP contribution is -2.52. The fourth-order valence-corrected chi connectivity index (χ4v) is 3.61. The molecule has 1 fully saturated rings. The minimum Gasteiger partial charge on any atom is -0.487 e. The molecule has 7 nitrogen and oxygen atoms in total. The van der Waals surface area contributed by atoms with Crippen LogP contribution in [0.3, 0.4) is 0 Å². The van der Waals surface area contributed by atoms with Crippen molar-refractivity contribution in [2.75, 3.05) is 37.6 Å². The molecule has 0 amide bonds. The lowest BCUT2D eigenvalue weighted by atomic mass is 10.2. The van der Waals surface area contributed by atoms with E-state index in [0.717, 1.165) is 61.5 Å². The molecule has 0 aliphatic carbocycles. The molecule has 1 saturated heterocycles. The summed E-state index contributed by atoms with van der Waals surface area (Å²) in [6.07, 6.45) is 3.63. The Kier molecular flexibility index (Phi) is 7.52. The number of aromatic nitrogens is 2. The first-order valence-corrected chi connectivity index (χ1v) is 11.1. The molecular weight excluding hydrogens is 400 g/mol. The molecule has 1 aliphatic heterocycles. The molecule has 4 rings (SSSR count). The van der Waals surface area contributed by atoms with E-state index < -0.39 is 0 Å². The number of benzene rings is 1.